The van der Waals surface area contributed by atoms with Crippen LogP contribution in [0.2, 0.25) is 0 Å². The van der Waals surface area contributed by atoms with Gasteiger partial charge >= 0.3 is 0 Å². The van der Waals surface area contributed by atoms with Crippen LogP contribution < -0.4 is 11.5 Å². The van der Waals surface area contributed by atoms with Crippen molar-refractivity contribution < 1.29 is 9.59 Å². The molecule has 4 nitrogen and oxygen atoms in total. The highest BCUT2D eigenvalue weighted by Gasteiger charge is 2.17. The number of carbonyl (C=O) groups is 2. The molecular weight excluding hydrogens is 168 g/mol. The number of hydrogen-bond acceptors (Lipinski definition) is 2. The minimum absolute atomic E-state index is 0.134. The molecule has 0 bridgehead atoms. The van der Waals surface area contributed by atoms with Crippen molar-refractivity contribution in [3.8, 4) is 0 Å². The number of hydrogen-bond donors (Lipinski definition) is 2. The monoisotopic (exact) mass is 180 g/mol. The van der Waals surface area contributed by atoms with Gasteiger partial charge in [-0.3, -0.25) is 9.59 Å². The van der Waals surface area contributed by atoms with E-state index in [-0.39, 0.29) is 5.92 Å². The average Bonchev–Trinajstić information content (AvgIpc) is 2.03. The SMILES string of the molecule is CC1C=C(C(N)=O)C=C(C(N)=O)C1. The number of allylic oxidation sites excluding steroid dienone is 1. The van der Waals surface area contributed by atoms with Gasteiger partial charge in [0, 0.05) is 11.1 Å². The molecule has 0 aromatic rings. The minimum Gasteiger partial charge on any atom is -0.366 e. The maximum atomic E-state index is 10.8. The number of nitrogens with two attached hydrogens (primary N) is 2. The van der Waals surface area contributed by atoms with Gasteiger partial charge in [0.05, 0.1) is 0 Å². The van der Waals surface area contributed by atoms with Gasteiger partial charge in [-0.1, -0.05) is 13.0 Å². The number of carbonyl (C=O) groups excluding carboxylic acids is 2. The predicted octanol–water partition coefficient (Wildman–Crippen LogP) is -0.150. The van der Waals surface area contributed by atoms with Gasteiger partial charge < -0.3 is 11.5 Å². The summed E-state index contributed by atoms with van der Waals surface area (Å²) < 4.78 is 0. The van der Waals surface area contributed by atoms with Crippen molar-refractivity contribution in [2.75, 3.05) is 0 Å². The van der Waals surface area contributed by atoms with Crippen LogP contribution in [0.25, 0.3) is 0 Å². The molecule has 4 N–H and O–H groups in total. The topological polar surface area (TPSA) is 86.2 Å². The van der Waals surface area contributed by atoms with E-state index in [1.165, 1.54) is 6.08 Å². The lowest BCUT2D eigenvalue weighted by Gasteiger charge is -2.14. The largest absolute Gasteiger partial charge is 0.366 e. The quantitative estimate of drug-likeness (QED) is 0.619. The molecule has 1 rings (SSSR count). The maximum absolute atomic E-state index is 10.8. The molecule has 2 amide bonds. The summed E-state index contributed by atoms with van der Waals surface area (Å²) >= 11 is 0. The zero-order valence-electron chi connectivity index (χ0n) is 7.41. The summed E-state index contributed by atoms with van der Waals surface area (Å²) in [4.78, 5) is 21.7. The molecule has 0 fully saturated rings. The van der Waals surface area contributed by atoms with Crippen LogP contribution in [-0.4, -0.2) is 11.8 Å². The van der Waals surface area contributed by atoms with Crippen molar-refractivity contribution in [1.29, 1.82) is 0 Å². The van der Waals surface area contributed by atoms with E-state index in [1.807, 2.05) is 6.92 Å². The molecule has 0 spiro atoms. The van der Waals surface area contributed by atoms with Gasteiger partial charge in [-0.15, -0.1) is 0 Å². The number of primary amides is 2. The highest BCUT2D eigenvalue weighted by atomic mass is 16.1. The molecule has 70 valence electrons. The van der Waals surface area contributed by atoms with Gasteiger partial charge in [0.25, 0.3) is 0 Å². The van der Waals surface area contributed by atoms with E-state index >= 15 is 0 Å². The second-order valence-corrected chi connectivity index (χ2v) is 3.20. The van der Waals surface area contributed by atoms with E-state index in [9.17, 15) is 9.59 Å². The molecule has 4 heteroatoms. The van der Waals surface area contributed by atoms with Gasteiger partial charge in [0.1, 0.15) is 0 Å². The van der Waals surface area contributed by atoms with Crippen LogP contribution in [0, 0.1) is 5.92 Å². The molecule has 1 aliphatic rings. The zero-order chi connectivity index (χ0) is 10.0. The Labute approximate surface area is 76.3 Å². The second kappa shape index (κ2) is 3.43. The molecule has 0 saturated carbocycles. The van der Waals surface area contributed by atoms with Crippen molar-refractivity contribution in [3.63, 3.8) is 0 Å². The fraction of sp³-hybridized carbons (Fsp3) is 0.333. The van der Waals surface area contributed by atoms with Crippen LogP contribution in [0.15, 0.2) is 23.3 Å². The summed E-state index contributed by atoms with van der Waals surface area (Å²) in [5, 5.41) is 0. The zero-order valence-corrected chi connectivity index (χ0v) is 7.41. The Hall–Kier alpha value is -1.58. The molecule has 0 aromatic heterocycles. The summed E-state index contributed by atoms with van der Waals surface area (Å²) in [7, 11) is 0. The second-order valence-electron chi connectivity index (χ2n) is 3.20. The van der Waals surface area contributed by atoms with Gasteiger partial charge in [-0.05, 0) is 18.4 Å². The van der Waals surface area contributed by atoms with Crippen LogP contribution in [0.3, 0.4) is 0 Å². The molecule has 1 aliphatic carbocycles. The summed E-state index contributed by atoms with van der Waals surface area (Å²) in [6.07, 6.45) is 3.78. The first kappa shape index (κ1) is 9.51. The number of rotatable bonds is 2. The molecule has 0 radical (unpaired) electrons. The fourth-order valence-corrected chi connectivity index (χ4v) is 1.33. The predicted molar refractivity (Wildman–Crippen MR) is 48.3 cm³/mol. The van der Waals surface area contributed by atoms with Crippen molar-refractivity contribution in [3.05, 3.63) is 23.3 Å². The first-order chi connectivity index (χ1) is 6.00. The van der Waals surface area contributed by atoms with E-state index in [0.29, 0.717) is 17.6 Å². The van der Waals surface area contributed by atoms with E-state index in [1.54, 1.807) is 6.08 Å². The van der Waals surface area contributed by atoms with Crippen LogP contribution in [0.5, 0.6) is 0 Å². The molecule has 0 heterocycles. The van der Waals surface area contributed by atoms with Crippen LogP contribution >= 0.6 is 0 Å². The summed E-state index contributed by atoms with van der Waals surface area (Å²) in [6, 6.07) is 0. The van der Waals surface area contributed by atoms with Gasteiger partial charge in [0.15, 0.2) is 0 Å². The first-order valence-corrected chi connectivity index (χ1v) is 4.02. The molecule has 0 aliphatic heterocycles. The van der Waals surface area contributed by atoms with Crippen molar-refractivity contribution in [2.24, 2.45) is 17.4 Å². The Morgan fingerprint density at radius 3 is 2.46 bits per heavy atom. The molecular formula is C9H12N2O2. The Morgan fingerprint density at radius 2 is 2.00 bits per heavy atom. The Bertz CT molecular complexity index is 316. The smallest absolute Gasteiger partial charge is 0.248 e. The Kier molecular flexibility index (Phi) is 2.51. The minimum atomic E-state index is -0.523. The Balaban J connectivity index is 2.98. The highest BCUT2D eigenvalue weighted by molar-refractivity contribution is 6.00. The number of amides is 2. The normalized spacial score (nSPS) is 21.8. The fourth-order valence-electron chi connectivity index (χ4n) is 1.33. The highest BCUT2D eigenvalue weighted by Crippen LogP contribution is 2.21. The molecule has 13 heavy (non-hydrogen) atoms. The molecule has 1 atom stereocenters. The average molecular weight is 180 g/mol. The van der Waals surface area contributed by atoms with Gasteiger partial charge in [-0.2, -0.15) is 0 Å². The summed E-state index contributed by atoms with van der Waals surface area (Å²) in [5.41, 5.74) is 11.0. The van der Waals surface area contributed by atoms with Crippen molar-refractivity contribution in [1.82, 2.24) is 0 Å². The third-order valence-electron chi connectivity index (χ3n) is 1.94. The van der Waals surface area contributed by atoms with E-state index < -0.39 is 11.8 Å². The third kappa shape index (κ3) is 2.18. The van der Waals surface area contributed by atoms with Gasteiger partial charge in [0.2, 0.25) is 11.8 Å². The summed E-state index contributed by atoms with van der Waals surface area (Å²) in [5.74, 6) is -0.876. The lowest BCUT2D eigenvalue weighted by Crippen LogP contribution is -2.22. The van der Waals surface area contributed by atoms with E-state index in [4.69, 9.17) is 11.5 Å². The lowest BCUT2D eigenvalue weighted by molar-refractivity contribution is -0.114. The Morgan fingerprint density at radius 1 is 1.38 bits per heavy atom. The summed E-state index contributed by atoms with van der Waals surface area (Å²) in [6.45, 7) is 1.90. The van der Waals surface area contributed by atoms with Crippen LogP contribution in [0.1, 0.15) is 13.3 Å². The molecule has 0 aromatic carbocycles. The molecule has 1 unspecified atom stereocenters. The standard InChI is InChI=1S/C9H12N2O2/c1-5-2-6(8(10)12)4-7(3-5)9(11)13/h2,4-5H,3H2,1H3,(H2,10,12)(H2,11,13). The van der Waals surface area contributed by atoms with Crippen LogP contribution in [-0.2, 0) is 9.59 Å². The maximum Gasteiger partial charge on any atom is 0.248 e. The first-order valence-electron chi connectivity index (χ1n) is 4.02. The third-order valence-corrected chi connectivity index (χ3v) is 1.94. The molecule has 0 saturated heterocycles. The lowest BCUT2D eigenvalue weighted by atomic mass is 9.91. The van der Waals surface area contributed by atoms with E-state index in [2.05, 4.69) is 0 Å². The van der Waals surface area contributed by atoms with E-state index in [0.717, 1.165) is 0 Å². The van der Waals surface area contributed by atoms with Gasteiger partial charge in [-0.25, -0.2) is 0 Å². The van der Waals surface area contributed by atoms with Crippen molar-refractivity contribution >= 4 is 11.8 Å². The van der Waals surface area contributed by atoms with Crippen molar-refractivity contribution in [2.45, 2.75) is 13.3 Å². The van der Waals surface area contributed by atoms with Crippen LogP contribution in [0.4, 0.5) is 0 Å².